The van der Waals surface area contributed by atoms with E-state index < -0.39 is 30.0 Å². The topological polar surface area (TPSA) is 237 Å². The van der Waals surface area contributed by atoms with Crippen LogP contribution in [0.5, 0.6) is 0 Å². The van der Waals surface area contributed by atoms with Gasteiger partial charge in [0, 0.05) is 11.4 Å². The third-order valence-corrected chi connectivity index (χ3v) is 9.78. The molecule has 0 unspecified atom stereocenters. The van der Waals surface area contributed by atoms with E-state index in [1.807, 2.05) is 0 Å². The van der Waals surface area contributed by atoms with Gasteiger partial charge in [0.2, 0.25) is 34.4 Å². The summed E-state index contributed by atoms with van der Waals surface area (Å²) < 4.78 is 72.0. The maximum Gasteiger partial charge on any atom is 0.295 e. The van der Waals surface area contributed by atoms with Crippen molar-refractivity contribution in [1.82, 2.24) is 29.9 Å². The second kappa shape index (κ2) is 16.0. The lowest BCUT2D eigenvalue weighted by atomic mass is 10.1. The van der Waals surface area contributed by atoms with Gasteiger partial charge in [0.05, 0.1) is 26.3 Å². The molecule has 2 heterocycles. The van der Waals surface area contributed by atoms with Gasteiger partial charge in [0.1, 0.15) is 15.0 Å². The molecule has 6 aromatic rings. The van der Waals surface area contributed by atoms with Gasteiger partial charge in [0.25, 0.3) is 10.1 Å². The van der Waals surface area contributed by atoms with E-state index in [9.17, 15) is 25.9 Å². The van der Waals surface area contributed by atoms with E-state index in [0.29, 0.717) is 21.4 Å². The van der Waals surface area contributed by atoms with Crippen molar-refractivity contribution >= 4 is 125 Å². The number of hydrogen-bond acceptors (Lipinski definition) is 15. The monoisotopic (exact) mass is 845 g/mol. The minimum absolute atomic E-state index is 0.0185. The molecule has 4 aromatic carbocycles. The molecule has 0 fully saturated rings. The first-order chi connectivity index (χ1) is 25.6. The Morgan fingerprint density at radius 3 is 1.33 bits per heavy atom. The highest BCUT2D eigenvalue weighted by Gasteiger charge is 2.17. The maximum absolute atomic E-state index is 12.4. The Hall–Kier alpha value is -5.18. The number of aromatic nitrogens is 6. The predicted molar refractivity (Wildman–Crippen MR) is 205 cm³/mol. The van der Waals surface area contributed by atoms with Crippen LogP contribution in [0.1, 0.15) is 11.1 Å². The zero-order chi connectivity index (χ0) is 38.6. The van der Waals surface area contributed by atoms with Crippen LogP contribution in [0.4, 0.5) is 46.5 Å². The summed E-state index contributed by atoms with van der Waals surface area (Å²) in [4.78, 5) is 23.2. The summed E-state index contributed by atoms with van der Waals surface area (Å²) >= 11 is 24.5. The summed E-state index contributed by atoms with van der Waals surface area (Å²) in [7, 11) is -9.94. The first kappa shape index (κ1) is 38.5. The fourth-order valence-corrected chi connectivity index (χ4v) is 6.76. The van der Waals surface area contributed by atoms with Gasteiger partial charge in [0.15, 0.2) is 0 Å². The quantitative estimate of drug-likeness (QED) is 0.0580. The summed E-state index contributed by atoms with van der Waals surface area (Å²) in [5.74, 6) is -0.135. The molecule has 0 saturated heterocycles. The van der Waals surface area contributed by atoms with Crippen molar-refractivity contribution in [3.05, 3.63) is 117 Å². The molecule has 16 nitrogen and oxygen atoms in total. The summed E-state index contributed by atoms with van der Waals surface area (Å²) in [6.45, 7) is 0. The number of anilines is 8. The third-order valence-electron chi connectivity index (χ3n) is 6.99. The first-order valence-electron chi connectivity index (χ1n) is 14.9. The summed E-state index contributed by atoms with van der Waals surface area (Å²) in [6, 6.07) is 21.2. The number of benzene rings is 4. The average Bonchev–Trinajstić information content (AvgIpc) is 3.09. The minimum Gasteiger partial charge on any atom is -0.744 e. The largest absolute Gasteiger partial charge is 0.744 e. The third kappa shape index (κ3) is 9.87. The van der Waals surface area contributed by atoms with E-state index in [1.165, 1.54) is 36.4 Å². The number of halogens is 4. The molecule has 5 N–H and O–H groups in total. The van der Waals surface area contributed by atoms with Crippen LogP contribution in [0.2, 0.25) is 20.6 Å². The Kier molecular flexibility index (Phi) is 11.5. The second-order valence-corrected chi connectivity index (χ2v) is 15.0. The van der Waals surface area contributed by atoms with Gasteiger partial charge in [-0.05, 0) is 82.9 Å². The highest BCUT2D eigenvalue weighted by Crippen LogP contribution is 2.30. The van der Waals surface area contributed by atoms with Crippen LogP contribution in [-0.2, 0) is 20.2 Å². The molecule has 6 rings (SSSR count). The van der Waals surface area contributed by atoms with Gasteiger partial charge >= 0.3 is 0 Å². The van der Waals surface area contributed by atoms with Gasteiger partial charge < -0.3 is 25.8 Å². The molecule has 0 amide bonds. The lowest BCUT2D eigenvalue weighted by Gasteiger charge is -2.14. The molecule has 2 aromatic heterocycles. The van der Waals surface area contributed by atoms with Crippen molar-refractivity contribution in [3.63, 3.8) is 0 Å². The molecule has 0 atom stereocenters. The van der Waals surface area contributed by atoms with Crippen LogP contribution < -0.4 is 21.3 Å². The van der Waals surface area contributed by atoms with Crippen molar-refractivity contribution in [3.8, 4) is 0 Å². The predicted octanol–water partition coefficient (Wildman–Crippen LogP) is 7.97. The normalized spacial score (nSPS) is 11.7. The number of rotatable bonds is 12. The Morgan fingerprint density at radius 2 is 0.926 bits per heavy atom. The highest BCUT2D eigenvalue weighted by molar-refractivity contribution is 7.86. The molecule has 0 radical (unpaired) electrons. The molecular weight excluding hydrogens is 826 g/mol. The molecule has 0 aliphatic heterocycles. The minimum atomic E-state index is -5.09. The lowest BCUT2D eigenvalue weighted by molar-refractivity contribution is 0.462. The van der Waals surface area contributed by atoms with Crippen LogP contribution in [0, 0.1) is 0 Å². The van der Waals surface area contributed by atoms with Crippen molar-refractivity contribution < 1.29 is 25.9 Å². The van der Waals surface area contributed by atoms with Gasteiger partial charge in [-0.2, -0.15) is 38.3 Å². The van der Waals surface area contributed by atoms with Crippen LogP contribution in [0.3, 0.4) is 0 Å². The summed E-state index contributed by atoms with van der Waals surface area (Å²) in [5.41, 5.74) is 1.01. The van der Waals surface area contributed by atoms with Crippen LogP contribution >= 0.6 is 46.4 Å². The van der Waals surface area contributed by atoms with E-state index in [0.717, 1.165) is 12.1 Å². The maximum atomic E-state index is 12.4. The van der Waals surface area contributed by atoms with Crippen LogP contribution in [0.25, 0.3) is 12.2 Å². The molecule has 0 aliphatic carbocycles. The fraction of sp³-hybridized carbons (Fsp3) is 0. The highest BCUT2D eigenvalue weighted by atomic mass is 35.5. The first-order valence-corrected chi connectivity index (χ1v) is 19.3. The number of nitrogens with one attached hydrogen (secondary N) is 4. The average molecular weight is 848 g/mol. The zero-order valence-corrected chi connectivity index (χ0v) is 31.4. The van der Waals surface area contributed by atoms with Crippen molar-refractivity contribution in [2.75, 3.05) is 21.3 Å². The zero-order valence-electron chi connectivity index (χ0n) is 26.7. The summed E-state index contributed by atoms with van der Waals surface area (Å²) in [5, 5.41) is 11.8. The molecule has 54 heavy (non-hydrogen) atoms. The molecule has 0 spiro atoms. The Morgan fingerprint density at radius 1 is 0.537 bits per heavy atom. The number of para-hydroxylation sites is 2. The van der Waals surface area contributed by atoms with Gasteiger partial charge in [-0.15, -0.1) is 0 Å². The standard InChI is InChI=1S/C32H22Cl4N10O6S2/c33-21-5-1-3-7-23(21)39-31-43-27(35)41-29(45-31)37-19-13-11-17(25(15-19)53(47,48)49)9-10-18-12-14-20(16-26(18)54(50,51)52)38-30-42-28(36)44-32(46-30)40-24-8-4-2-6-22(24)34/h1-16H,(H,47,48,49)(H,50,51,52)(H2,37,39,41,43,45)(H2,38,40,42,44,46)/p-1/b10-9+. The number of hydrogen-bond donors (Lipinski definition) is 5. The lowest BCUT2D eigenvalue weighted by Crippen LogP contribution is -2.06. The summed E-state index contributed by atoms with van der Waals surface area (Å²) in [6.07, 6.45) is 2.39. The molecule has 0 aliphatic rings. The Labute approximate surface area is 327 Å². The molecule has 0 bridgehead atoms. The van der Waals surface area contributed by atoms with E-state index in [-0.39, 0.29) is 56.9 Å². The van der Waals surface area contributed by atoms with Gasteiger partial charge in [-0.25, -0.2) is 8.42 Å². The number of nitrogens with zero attached hydrogens (tertiary/aromatic N) is 6. The van der Waals surface area contributed by atoms with Crippen molar-refractivity contribution in [1.29, 1.82) is 0 Å². The Balaban J connectivity index is 1.25. The molecule has 22 heteroatoms. The van der Waals surface area contributed by atoms with E-state index >= 15 is 0 Å². The van der Waals surface area contributed by atoms with Crippen LogP contribution in [-0.4, -0.2) is 55.8 Å². The van der Waals surface area contributed by atoms with E-state index in [2.05, 4.69) is 51.2 Å². The van der Waals surface area contributed by atoms with Crippen molar-refractivity contribution in [2.45, 2.75) is 9.79 Å². The molecular formula is C32H21Cl4N10O6S2-. The molecule has 276 valence electrons. The SMILES string of the molecule is O=S(=O)([O-])c1cc(Nc2nc(Cl)nc(Nc3ccccc3Cl)n2)ccc1/C=C/c1ccc(Nc2nc(Cl)nc(Nc3ccccc3Cl)n2)cc1S(=O)(=O)O. The fourth-order valence-electron chi connectivity index (χ4n) is 4.67. The van der Waals surface area contributed by atoms with Gasteiger partial charge in [-0.1, -0.05) is 71.8 Å². The molecule has 0 saturated carbocycles. The Bertz CT molecular complexity index is 2480. The van der Waals surface area contributed by atoms with Gasteiger partial charge in [-0.3, -0.25) is 4.55 Å². The smallest absolute Gasteiger partial charge is 0.295 e. The van der Waals surface area contributed by atoms with Crippen molar-refractivity contribution in [2.24, 2.45) is 0 Å². The second-order valence-electron chi connectivity index (χ2n) is 10.7. The van der Waals surface area contributed by atoms with E-state index in [4.69, 9.17) is 46.4 Å². The van der Waals surface area contributed by atoms with E-state index in [1.54, 1.807) is 48.5 Å². The van der Waals surface area contributed by atoms with Crippen LogP contribution in [0.15, 0.2) is 94.7 Å².